The summed E-state index contributed by atoms with van der Waals surface area (Å²) < 4.78 is 54.8. The summed E-state index contributed by atoms with van der Waals surface area (Å²) in [6.07, 6.45) is -1.82. The van der Waals surface area contributed by atoms with Gasteiger partial charge in [0.25, 0.3) is 0 Å². The molecule has 0 spiro atoms. The summed E-state index contributed by atoms with van der Waals surface area (Å²) in [4.78, 5) is 23.0. The fraction of sp³-hybridized carbons (Fsp3) is 0.311. The van der Waals surface area contributed by atoms with Crippen LogP contribution in [0.25, 0.3) is 5.65 Å². The minimum absolute atomic E-state index is 0.00830. The van der Waals surface area contributed by atoms with E-state index in [0.29, 0.717) is 29.4 Å². The quantitative estimate of drug-likeness (QED) is 0.0252. The van der Waals surface area contributed by atoms with E-state index in [0.717, 1.165) is 45.1 Å². The summed E-state index contributed by atoms with van der Waals surface area (Å²) in [5.41, 5.74) is 0.458. The van der Waals surface area contributed by atoms with Crippen LogP contribution in [0.15, 0.2) is 164 Å². The number of aromatic nitrogens is 4. The van der Waals surface area contributed by atoms with Gasteiger partial charge in [-0.25, -0.2) is 9.50 Å². The number of thioether (sulfide) groups is 1. The van der Waals surface area contributed by atoms with Crippen LogP contribution in [0.3, 0.4) is 0 Å². The molecule has 0 aliphatic carbocycles. The van der Waals surface area contributed by atoms with Crippen molar-refractivity contribution in [1.29, 1.82) is 0 Å². The Hall–Kier alpha value is -7.41. The first kappa shape index (κ1) is 57.3. The lowest BCUT2D eigenvalue weighted by Gasteiger charge is -2.38. The molecule has 416 valence electrons. The number of imidazole rings is 1. The van der Waals surface area contributed by atoms with Crippen molar-refractivity contribution in [3.05, 3.63) is 203 Å². The summed E-state index contributed by atoms with van der Waals surface area (Å²) in [5.74, 6) is 3.24. The second-order valence-electron chi connectivity index (χ2n) is 20.0. The van der Waals surface area contributed by atoms with Gasteiger partial charge in [0.05, 0.1) is 40.3 Å². The fourth-order valence-corrected chi connectivity index (χ4v) is 11.5. The molecule has 6 aromatic carbocycles. The molecule has 9 rings (SSSR count). The van der Waals surface area contributed by atoms with Gasteiger partial charge in [-0.1, -0.05) is 142 Å². The molecule has 4 N–H and O–H groups in total. The number of hydrogen-bond donors (Lipinski definition) is 4. The van der Waals surface area contributed by atoms with Gasteiger partial charge in [0.15, 0.2) is 16.6 Å². The Labute approximate surface area is 470 Å². The zero-order valence-electron chi connectivity index (χ0n) is 45.9. The van der Waals surface area contributed by atoms with Gasteiger partial charge in [0.1, 0.15) is 71.2 Å². The van der Waals surface area contributed by atoms with Crippen molar-refractivity contribution in [1.82, 2.24) is 19.6 Å². The second kappa shape index (κ2) is 24.5. The van der Waals surface area contributed by atoms with Crippen LogP contribution in [0.2, 0.25) is 0 Å². The summed E-state index contributed by atoms with van der Waals surface area (Å²) >= 11 is 1.11. The third-order valence-electron chi connectivity index (χ3n) is 14.9. The van der Waals surface area contributed by atoms with Crippen molar-refractivity contribution in [2.24, 2.45) is 5.41 Å². The largest absolute Gasteiger partial charge is 0.697 e. The van der Waals surface area contributed by atoms with Crippen molar-refractivity contribution < 1.29 is 52.3 Å². The van der Waals surface area contributed by atoms with E-state index in [2.05, 4.69) is 10.6 Å². The SMILES string of the molecule is CCC(C)(C)C(=O)SCCO[P+](=O)OC[C@H]1O[C@@H](c2cnc3c(NC(c4ccccc4)(c4ccc(OC)cc4)c4ccc(OC)cc4)nc(NC(c4ccccc4)(c4ccc(OC)cc4)c4ccc(OC)cc4)nn23)[C@](C)(O)[C@@H]1O. The van der Waals surface area contributed by atoms with Crippen LogP contribution in [0.4, 0.5) is 11.8 Å². The normalized spacial score (nSPS) is 17.7. The molecule has 17 nitrogen and oxygen atoms in total. The van der Waals surface area contributed by atoms with E-state index < -0.39 is 55.3 Å². The van der Waals surface area contributed by atoms with Crippen molar-refractivity contribution in [3.63, 3.8) is 0 Å². The summed E-state index contributed by atoms with van der Waals surface area (Å²) in [6.45, 7) is 6.73. The molecule has 0 bridgehead atoms. The van der Waals surface area contributed by atoms with Gasteiger partial charge in [-0.2, -0.15) is 4.98 Å². The van der Waals surface area contributed by atoms with Crippen molar-refractivity contribution in [2.45, 2.75) is 69.1 Å². The molecule has 8 aromatic rings. The Bertz CT molecular complexity index is 3280. The van der Waals surface area contributed by atoms with Gasteiger partial charge in [0.2, 0.25) is 5.95 Å². The second-order valence-corrected chi connectivity index (χ2v) is 22.1. The van der Waals surface area contributed by atoms with Crippen LogP contribution in [0, 0.1) is 5.41 Å². The third kappa shape index (κ3) is 11.5. The van der Waals surface area contributed by atoms with E-state index in [-0.39, 0.29) is 40.6 Å². The van der Waals surface area contributed by atoms with Crippen molar-refractivity contribution in [3.8, 4) is 23.0 Å². The Kier molecular flexibility index (Phi) is 17.6. The lowest BCUT2D eigenvalue weighted by atomic mass is 9.77. The lowest BCUT2D eigenvalue weighted by Crippen LogP contribution is -2.43. The molecule has 80 heavy (non-hydrogen) atoms. The van der Waals surface area contributed by atoms with Crippen LogP contribution >= 0.6 is 20.0 Å². The number of rotatable bonds is 24. The summed E-state index contributed by atoms with van der Waals surface area (Å²) in [5, 5.41) is 37.2. The van der Waals surface area contributed by atoms with E-state index in [1.165, 1.54) is 13.1 Å². The average Bonchev–Trinajstić information content (AvgIpc) is 4.21. The predicted molar refractivity (Wildman–Crippen MR) is 308 cm³/mol. The van der Waals surface area contributed by atoms with Crippen molar-refractivity contribution >= 4 is 42.5 Å². The highest BCUT2D eigenvalue weighted by Crippen LogP contribution is 2.47. The molecular formula is C61H66N6O11PS+. The number of methoxy groups -OCH3 is 4. The monoisotopic (exact) mass is 1120 g/mol. The maximum Gasteiger partial charge on any atom is 0.697 e. The molecule has 0 amide bonds. The van der Waals surface area contributed by atoms with E-state index in [4.69, 9.17) is 47.8 Å². The molecular weight excluding hydrogens is 1060 g/mol. The number of carbonyl (C=O) groups is 1. The fourth-order valence-electron chi connectivity index (χ4n) is 9.91. The minimum atomic E-state index is -2.69. The number of aliphatic hydroxyl groups excluding tert-OH is 1. The van der Waals surface area contributed by atoms with Crippen LogP contribution in [0.1, 0.15) is 79.3 Å². The number of ether oxygens (including phenoxy) is 5. The number of fused-ring (bicyclic) bond motifs is 1. The topological polar surface area (TPSA) is 206 Å². The van der Waals surface area contributed by atoms with Gasteiger partial charge in [-0.05, 0) is 95.3 Å². The van der Waals surface area contributed by atoms with Gasteiger partial charge < -0.3 is 44.5 Å². The number of nitrogens with zero attached hydrogens (tertiary/aromatic N) is 4. The Morgan fingerprint density at radius 3 is 1.56 bits per heavy atom. The molecule has 19 heteroatoms. The Balaban J connectivity index is 1.21. The highest BCUT2D eigenvalue weighted by molar-refractivity contribution is 8.13. The molecule has 2 aromatic heterocycles. The number of anilines is 2. The number of aliphatic hydroxyl groups is 2. The molecule has 1 aliphatic heterocycles. The number of nitrogens with one attached hydrogen (secondary N) is 2. The number of carbonyl (C=O) groups excluding carboxylic acids is 1. The minimum Gasteiger partial charge on any atom is -0.497 e. The maximum absolute atomic E-state index is 13.0. The highest BCUT2D eigenvalue weighted by atomic mass is 32.2. The molecule has 1 unspecified atom stereocenters. The molecule has 5 atom stereocenters. The van der Waals surface area contributed by atoms with E-state index in [9.17, 15) is 19.6 Å². The smallest absolute Gasteiger partial charge is 0.497 e. The van der Waals surface area contributed by atoms with Crippen LogP contribution in [-0.2, 0) is 34.2 Å². The lowest BCUT2D eigenvalue weighted by molar-refractivity contribution is -0.118. The Morgan fingerprint density at radius 1 is 0.688 bits per heavy atom. The zero-order valence-corrected chi connectivity index (χ0v) is 47.6. The number of hydrogen-bond acceptors (Lipinski definition) is 17. The van der Waals surface area contributed by atoms with E-state index >= 15 is 0 Å². The van der Waals surface area contributed by atoms with E-state index in [1.807, 2.05) is 178 Å². The van der Waals surface area contributed by atoms with Gasteiger partial charge in [-0.3, -0.25) is 4.79 Å². The van der Waals surface area contributed by atoms with E-state index in [1.54, 1.807) is 33.0 Å². The predicted octanol–water partition coefficient (Wildman–Crippen LogP) is 10.9. The summed E-state index contributed by atoms with van der Waals surface area (Å²) in [6, 6.07) is 50.9. The Morgan fingerprint density at radius 2 is 1.12 bits per heavy atom. The standard InChI is InChI=1S/C61H66N6O11PS/c1-9-58(2,3)56(69)80-37-36-76-79(71)77-39-51-52(68)59(4,70)53(78-51)50-38-62-55-54(64-60(40-16-12-10-13-17-40,42-20-28-46(72-5)29-21-42)43-22-30-47(73-6)31-23-43)63-57(66-67(50)55)65-61(41-18-14-11-15-19-41,44-24-32-48(74-7)33-25-44)45-26-34-49(75-8)35-27-45/h10-35,38,51-53,68,70H,9,36-37,39H2,1-8H3,(H2,63,64,65,66)/q+1/t51-,52-,53+,59-/m1/s1. The molecule has 0 radical (unpaired) electrons. The first-order valence-electron chi connectivity index (χ1n) is 26.1. The van der Waals surface area contributed by atoms with Crippen LogP contribution < -0.4 is 29.6 Å². The number of benzene rings is 6. The van der Waals surface area contributed by atoms with Gasteiger partial charge in [-0.15, -0.1) is 14.1 Å². The first-order chi connectivity index (χ1) is 38.6. The average molecular weight is 1120 g/mol. The van der Waals surface area contributed by atoms with Gasteiger partial charge in [0, 0.05) is 15.7 Å². The molecule has 1 fully saturated rings. The first-order valence-corrected chi connectivity index (χ1v) is 28.2. The van der Waals surface area contributed by atoms with Crippen LogP contribution in [0.5, 0.6) is 23.0 Å². The molecule has 3 heterocycles. The molecule has 1 aliphatic rings. The van der Waals surface area contributed by atoms with Crippen LogP contribution in [-0.4, -0.2) is 100 Å². The highest BCUT2D eigenvalue weighted by Gasteiger charge is 2.55. The maximum atomic E-state index is 13.0. The third-order valence-corrected chi connectivity index (χ3v) is 16.8. The van der Waals surface area contributed by atoms with Gasteiger partial charge >= 0.3 is 8.25 Å². The summed E-state index contributed by atoms with van der Waals surface area (Å²) in [7, 11) is 3.78. The molecule has 1 saturated heterocycles. The van der Waals surface area contributed by atoms with Crippen molar-refractivity contribution in [2.75, 3.05) is 58.0 Å². The molecule has 0 saturated carbocycles. The zero-order chi connectivity index (χ0) is 56.7.